The molecule has 0 saturated heterocycles. The summed E-state index contributed by atoms with van der Waals surface area (Å²) in [5.41, 5.74) is 1.34. The highest BCUT2D eigenvalue weighted by molar-refractivity contribution is 4.98. The lowest BCUT2D eigenvalue weighted by Crippen LogP contribution is -2.29. The van der Waals surface area contributed by atoms with E-state index in [-0.39, 0.29) is 0 Å². The summed E-state index contributed by atoms with van der Waals surface area (Å²) in [6, 6.07) is 0. The monoisotopic (exact) mass is 316 g/mol. The molecular weight excluding hydrogens is 280 g/mol. The molecule has 0 aliphatic carbocycles. The first-order valence-electron chi connectivity index (χ1n) is 8.63. The van der Waals surface area contributed by atoms with E-state index in [2.05, 4.69) is 43.5 Å². The number of hydrogen-bond acceptors (Lipinski definition) is 4. The van der Waals surface area contributed by atoms with Crippen LogP contribution in [0.15, 0.2) is 11.6 Å². The smallest absolute Gasteiger partial charge is 0.231 e. The summed E-state index contributed by atoms with van der Waals surface area (Å²) in [5, 5.41) is 17.3. The summed E-state index contributed by atoms with van der Waals surface area (Å²) in [4.78, 5) is 8.27. The van der Waals surface area contributed by atoms with Gasteiger partial charge in [0.25, 0.3) is 0 Å². The van der Waals surface area contributed by atoms with E-state index >= 15 is 0 Å². The van der Waals surface area contributed by atoms with E-state index < -0.39 is 5.79 Å². The van der Waals surface area contributed by atoms with Crippen molar-refractivity contribution in [3.8, 4) is 0 Å². The Balaban J connectivity index is 3.79. The molecule has 1 atom stereocenters. The van der Waals surface area contributed by atoms with Gasteiger partial charge in [0.2, 0.25) is 5.79 Å². The molecule has 22 heavy (non-hydrogen) atoms. The third-order valence-electron chi connectivity index (χ3n) is 4.22. The molecule has 0 fully saturated rings. The van der Waals surface area contributed by atoms with Gasteiger partial charge < -0.3 is 0 Å². The lowest BCUT2D eigenvalue weighted by atomic mass is 9.94. The van der Waals surface area contributed by atoms with Crippen molar-refractivity contribution < 1.29 is 20.3 Å². The van der Waals surface area contributed by atoms with Gasteiger partial charge in [-0.3, -0.25) is 0 Å². The Bertz CT molecular complexity index is 295. The van der Waals surface area contributed by atoms with Gasteiger partial charge in [-0.1, -0.05) is 58.1 Å². The normalized spacial score (nSPS) is 14.6. The first-order chi connectivity index (χ1) is 10.3. The first kappa shape index (κ1) is 21.6. The van der Waals surface area contributed by atoms with Gasteiger partial charge in [0.1, 0.15) is 0 Å². The fourth-order valence-corrected chi connectivity index (χ4v) is 2.54. The second-order valence-electron chi connectivity index (χ2n) is 7.23. The van der Waals surface area contributed by atoms with Gasteiger partial charge in [0.05, 0.1) is 0 Å². The van der Waals surface area contributed by atoms with E-state index in [0.717, 1.165) is 18.3 Å². The van der Waals surface area contributed by atoms with Gasteiger partial charge in [-0.2, -0.15) is 0 Å². The minimum Gasteiger partial charge on any atom is -0.249 e. The molecule has 0 aromatic carbocycles. The maximum atomic E-state index is 8.65. The quantitative estimate of drug-likeness (QED) is 0.188. The van der Waals surface area contributed by atoms with Crippen LogP contribution in [0.3, 0.4) is 0 Å². The van der Waals surface area contributed by atoms with Crippen LogP contribution >= 0.6 is 0 Å². The lowest BCUT2D eigenvalue weighted by Gasteiger charge is -2.20. The molecule has 0 spiro atoms. The molecule has 2 N–H and O–H groups in total. The Hall–Kier alpha value is -0.420. The Morgan fingerprint density at radius 1 is 1.05 bits per heavy atom. The zero-order valence-electron chi connectivity index (χ0n) is 15.1. The van der Waals surface area contributed by atoms with Crippen LogP contribution in [-0.4, -0.2) is 16.3 Å². The van der Waals surface area contributed by atoms with Gasteiger partial charge in [-0.15, -0.1) is 0 Å². The van der Waals surface area contributed by atoms with Crippen LogP contribution in [0.1, 0.15) is 86.0 Å². The number of hydrogen-bond donors (Lipinski definition) is 2. The average molecular weight is 316 g/mol. The van der Waals surface area contributed by atoms with Gasteiger partial charge >= 0.3 is 0 Å². The fraction of sp³-hybridized carbons (Fsp3) is 0.889. The molecular formula is C18H36O4. The molecule has 0 aliphatic rings. The summed E-state index contributed by atoms with van der Waals surface area (Å²) < 4.78 is 0. The second-order valence-corrected chi connectivity index (χ2v) is 7.23. The minimum absolute atomic E-state index is 0.406. The third-order valence-corrected chi connectivity index (χ3v) is 4.22. The molecule has 0 aliphatic heterocycles. The van der Waals surface area contributed by atoms with E-state index in [0.29, 0.717) is 12.8 Å². The van der Waals surface area contributed by atoms with Crippen molar-refractivity contribution in [3.63, 3.8) is 0 Å². The molecule has 4 nitrogen and oxygen atoms in total. The molecule has 132 valence electrons. The van der Waals surface area contributed by atoms with Crippen molar-refractivity contribution >= 4 is 0 Å². The predicted molar refractivity (Wildman–Crippen MR) is 90.5 cm³/mol. The minimum atomic E-state index is -1.33. The van der Waals surface area contributed by atoms with E-state index in [9.17, 15) is 0 Å². The molecule has 0 aromatic heterocycles. The third kappa shape index (κ3) is 11.2. The Kier molecular flexibility index (Phi) is 11.8. The molecule has 1 unspecified atom stereocenters. The summed E-state index contributed by atoms with van der Waals surface area (Å²) in [7, 11) is 0. The van der Waals surface area contributed by atoms with Crippen LogP contribution in [-0.2, 0) is 9.78 Å². The molecule has 0 bridgehead atoms. The predicted octanol–water partition coefficient (Wildman–Crippen LogP) is 6.04. The highest BCUT2D eigenvalue weighted by Crippen LogP contribution is 2.21. The molecule has 0 radical (unpaired) electrons. The molecule has 0 heterocycles. The number of allylic oxidation sites excluding steroid dienone is 2. The van der Waals surface area contributed by atoms with E-state index in [1.165, 1.54) is 44.6 Å². The zero-order valence-corrected chi connectivity index (χ0v) is 15.1. The second kappa shape index (κ2) is 12.1. The fourth-order valence-electron chi connectivity index (χ4n) is 2.54. The van der Waals surface area contributed by atoms with Gasteiger partial charge in [0, 0.05) is 6.42 Å². The van der Waals surface area contributed by atoms with Crippen molar-refractivity contribution in [2.45, 2.75) is 91.8 Å². The summed E-state index contributed by atoms with van der Waals surface area (Å²) in [5.74, 6) is 0.288. The molecule has 0 saturated carbocycles. The van der Waals surface area contributed by atoms with Crippen LogP contribution in [0.4, 0.5) is 0 Å². The SMILES string of the molecule is C/C(=C\CCC(C)(OO)OO)CCCC(C)CCCC(C)C. The van der Waals surface area contributed by atoms with E-state index in [1.807, 2.05) is 0 Å². The Morgan fingerprint density at radius 3 is 2.18 bits per heavy atom. The van der Waals surface area contributed by atoms with Gasteiger partial charge in [0.15, 0.2) is 0 Å². The van der Waals surface area contributed by atoms with Gasteiger partial charge in [-0.25, -0.2) is 20.3 Å². The van der Waals surface area contributed by atoms with Crippen LogP contribution in [0.25, 0.3) is 0 Å². The topological polar surface area (TPSA) is 58.9 Å². The van der Waals surface area contributed by atoms with Crippen LogP contribution in [0.2, 0.25) is 0 Å². The highest BCUT2D eigenvalue weighted by Gasteiger charge is 2.25. The molecule has 0 amide bonds. The number of rotatable bonds is 13. The van der Waals surface area contributed by atoms with Crippen molar-refractivity contribution in [1.82, 2.24) is 0 Å². The largest absolute Gasteiger partial charge is 0.249 e. The summed E-state index contributed by atoms with van der Waals surface area (Å²) in [6.45, 7) is 10.5. The summed E-state index contributed by atoms with van der Waals surface area (Å²) >= 11 is 0. The Morgan fingerprint density at radius 2 is 1.64 bits per heavy atom. The lowest BCUT2D eigenvalue weighted by molar-refractivity contribution is -0.481. The zero-order chi connectivity index (χ0) is 17.0. The molecule has 4 heteroatoms. The Labute approximate surface area is 136 Å². The van der Waals surface area contributed by atoms with Crippen LogP contribution in [0, 0.1) is 11.8 Å². The van der Waals surface area contributed by atoms with Crippen LogP contribution in [0.5, 0.6) is 0 Å². The van der Waals surface area contributed by atoms with E-state index in [4.69, 9.17) is 10.5 Å². The maximum Gasteiger partial charge on any atom is 0.231 e. The molecule has 0 rings (SSSR count). The van der Waals surface area contributed by atoms with Crippen molar-refractivity contribution in [2.75, 3.05) is 0 Å². The van der Waals surface area contributed by atoms with Crippen molar-refractivity contribution in [2.24, 2.45) is 11.8 Å². The highest BCUT2D eigenvalue weighted by atomic mass is 17.2. The molecule has 0 aromatic rings. The van der Waals surface area contributed by atoms with Crippen molar-refractivity contribution in [3.05, 3.63) is 11.6 Å². The van der Waals surface area contributed by atoms with Crippen molar-refractivity contribution in [1.29, 1.82) is 0 Å². The van der Waals surface area contributed by atoms with Gasteiger partial charge in [-0.05, 0) is 44.9 Å². The summed E-state index contributed by atoms with van der Waals surface area (Å²) in [6.07, 6.45) is 10.8. The van der Waals surface area contributed by atoms with E-state index in [1.54, 1.807) is 0 Å². The maximum absolute atomic E-state index is 8.65. The van der Waals surface area contributed by atoms with Crippen LogP contribution < -0.4 is 0 Å². The first-order valence-corrected chi connectivity index (χ1v) is 8.63. The average Bonchev–Trinajstić information content (AvgIpc) is 2.46. The standard InChI is InChI=1S/C18H36O4/c1-15(2)9-6-10-16(3)11-7-12-17(4)13-8-14-18(5,21-19)22-20/h13,15-16,19-20H,6-12,14H2,1-5H3/b17-13+.